The number of carbonyl (C=O) groups is 1. The van der Waals surface area contributed by atoms with Gasteiger partial charge in [-0.1, -0.05) is 17.7 Å². The predicted molar refractivity (Wildman–Crippen MR) is 82.3 cm³/mol. The first-order chi connectivity index (χ1) is 9.45. The normalized spacial score (nSPS) is 10.6. The van der Waals surface area contributed by atoms with Crippen molar-refractivity contribution in [2.24, 2.45) is 0 Å². The average Bonchev–Trinajstić information content (AvgIpc) is 2.72. The Labute approximate surface area is 126 Å². The third-order valence-electron chi connectivity index (χ3n) is 2.90. The van der Waals surface area contributed by atoms with Crippen molar-refractivity contribution < 1.29 is 9.90 Å². The Morgan fingerprint density at radius 2 is 2.20 bits per heavy atom. The molecular formula is C14H15ClN2O2S. The van der Waals surface area contributed by atoms with Crippen molar-refractivity contribution in [2.45, 2.75) is 26.7 Å². The maximum absolute atomic E-state index is 10.6. The number of rotatable bonds is 5. The molecule has 0 amide bonds. The maximum Gasteiger partial charge on any atom is 0.303 e. The fraction of sp³-hybridized carbons (Fsp3) is 0.286. The van der Waals surface area contributed by atoms with Crippen LogP contribution in [0.3, 0.4) is 0 Å². The first-order valence-corrected chi connectivity index (χ1v) is 7.36. The summed E-state index contributed by atoms with van der Waals surface area (Å²) < 4.78 is 0. The molecule has 1 heterocycles. The van der Waals surface area contributed by atoms with Crippen LogP contribution in [0.25, 0.3) is 0 Å². The van der Waals surface area contributed by atoms with Crippen LogP contribution in [-0.2, 0) is 11.2 Å². The highest BCUT2D eigenvalue weighted by atomic mass is 35.5. The Kier molecular flexibility index (Phi) is 4.62. The van der Waals surface area contributed by atoms with Crippen molar-refractivity contribution in [1.82, 2.24) is 4.98 Å². The molecule has 0 aliphatic carbocycles. The molecule has 0 saturated carbocycles. The third-order valence-corrected chi connectivity index (χ3v) is 4.27. The Hall–Kier alpha value is -1.59. The number of hydrogen-bond donors (Lipinski definition) is 2. The molecule has 0 radical (unpaired) electrons. The summed E-state index contributed by atoms with van der Waals surface area (Å²) in [6, 6.07) is 5.63. The van der Waals surface area contributed by atoms with E-state index in [0.29, 0.717) is 11.4 Å². The molecule has 0 fully saturated rings. The first-order valence-electron chi connectivity index (χ1n) is 6.17. The van der Waals surface area contributed by atoms with E-state index in [-0.39, 0.29) is 6.42 Å². The number of carboxylic acid groups (broad SMARTS) is 1. The second-order valence-corrected chi connectivity index (χ2v) is 6.03. The van der Waals surface area contributed by atoms with Crippen LogP contribution in [0, 0.1) is 13.8 Å². The summed E-state index contributed by atoms with van der Waals surface area (Å²) in [4.78, 5) is 16.0. The van der Waals surface area contributed by atoms with Crippen molar-refractivity contribution in [1.29, 1.82) is 0 Å². The SMILES string of the molecule is Cc1ccc(Cl)cc1Nc1nc(C)c(CCC(=O)O)s1. The number of aliphatic carboxylic acids is 1. The number of nitrogens with zero attached hydrogens (tertiary/aromatic N) is 1. The number of nitrogens with one attached hydrogen (secondary N) is 1. The topological polar surface area (TPSA) is 62.2 Å². The molecule has 106 valence electrons. The zero-order chi connectivity index (χ0) is 14.7. The van der Waals surface area contributed by atoms with Crippen molar-refractivity contribution in [3.8, 4) is 0 Å². The number of aromatic nitrogens is 1. The molecule has 0 atom stereocenters. The van der Waals surface area contributed by atoms with Gasteiger partial charge in [0.25, 0.3) is 0 Å². The summed E-state index contributed by atoms with van der Waals surface area (Å²) in [6.45, 7) is 3.88. The van der Waals surface area contributed by atoms with Crippen LogP contribution in [0.15, 0.2) is 18.2 Å². The number of halogens is 1. The fourth-order valence-electron chi connectivity index (χ4n) is 1.78. The predicted octanol–water partition coefficient (Wildman–Crippen LogP) is 4.17. The Bertz CT molecular complexity index is 640. The highest BCUT2D eigenvalue weighted by Crippen LogP contribution is 2.29. The number of benzene rings is 1. The highest BCUT2D eigenvalue weighted by molar-refractivity contribution is 7.15. The van der Waals surface area contributed by atoms with E-state index in [2.05, 4.69) is 10.3 Å². The minimum absolute atomic E-state index is 0.124. The van der Waals surface area contributed by atoms with E-state index in [4.69, 9.17) is 16.7 Å². The number of hydrogen-bond acceptors (Lipinski definition) is 4. The van der Waals surface area contributed by atoms with Crippen LogP contribution < -0.4 is 5.32 Å². The van der Waals surface area contributed by atoms with Crippen molar-refractivity contribution in [3.05, 3.63) is 39.4 Å². The van der Waals surface area contributed by atoms with E-state index in [1.165, 1.54) is 11.3 Å². The lowest BCUT2D eigenvalue weighted by atomic mass is 10.2. The summed E-state index contributed by atoms with van der Waals surface area (Å²) in [7, 11) is 0. The van der Waals surface area contributed by atoms with Crippen LogP contribution in [0.5, 0.6) is 0 Å². The molecule has 2 N–H and O–H groups in total. The zero-order valence-electron chi connectivity index (χ0n) is 11.2. The van der Waals surface area contributed by atoms with Gasteiger partial charge in [-0.2, -0.15) is 0 Å². The largest absolute Gasteiger partial charge is 0.481 e. The number of thiazole rings is 1. The fourth-order valence-corrected chi connectivity index (χ4v) is 2.92. The summed E-state index contributed by atoms with van der Waals surface area (Å²) in [5, 5.41) is 13.4. The van der Waals surface area contributed by atoms with Crippen LogP contribution in [0.2, 0.25) is 5.02 Å². The molecule has 0 saturated heterocycles. The summed E-state index contributed by atoms with van der Waals surface area (Å²) in [5.74, 6) is -0.794. The minimum Gasteiger partial charge on any atom is -0.481 e. The summed E-state index contributed by atoms with van der Waals surface area (Å²) >= 11 is 7.46. The smallest absolute Gasteiger partial charge is 0.303 e. The Morgan fingerprint density at radius 3 is 2.90 bits per heavy atom. The van der Waals surface area contributed by atoms with Gasteiger partial charge in [-0.3, -0.25) is 4.79 Å². The van der Waals surface area contributed by atoms with Gasteiger partial charge in [0.1, 0.15) is 0 Å². The van der Waals surface area contributed by atoms with E-state index >= 15 is 0 Å². The number of anilines is 2. The molecule has 1 aromatic heterocycles. The Morgan fingerprint density at radius 1 is 1.45 bits per heavy atom. The van der Waals surface area contributed by atoms with Gasteiger partial charge in [0, 0.05) is 15.6 Å². The lowest BCUT2D eigenvalue weighted by Crippen LogP contribution is -1.96. The van der Waals surface area contributed by atoms with Crippen LogP contribution in [0.4, 0.5) is 10.8 Å². The molecule has 0 bridgehead atoms. The molecule has 2 aromatic rings. The second-order valence-electron chi connectivity index (χ2n) is 4.51. The highest BCUT2D eigenvalue weighted by Gasteiger charge is 2.10. The molecule has 0 unspecified atom stereocenters. The van der Waals surface area contributed by atoms with Crippen molar-refractivity contribution in [3.63, 3.8) is 0 Å². The number of carboxylic acids is 1. The molecule has 6 heteroatoms. The van der Waals surface area contributed by atoms with Gasteiger partial charge in [0.05, 0.1) is 12.1 Å². The summed E-state index contributed by atoms with van der Waals surface area (Å²) in [6.07, 6.45) is 0.633. The Balaban J connectivity index is 2.16. The van der Waals surface area contributed by atoms with E-state index < -0.39 is 5.97 Å². The standard InChI is InChI=1S/C14H15ClN2O2S/c1-8-3-4-10(15)7-11(8)17-14-16-9(2)12(20-14)5-6-13(18)19/h3-4,7H,5-6H2,1-2H3,(H,16,17)(H,18,19). The quantitative estimate of drug-likeness (QED) is 0.870. The average molecular weight is 311 g/mol. The van der Waals surface area contributed by atoms with Crippen LogP contribution >= 0.6 is 22.9 Å². The van der Waals surface area contributed by atoms with Gasteiger partial charge in [0.15, 0.2) is 5.13 Å². The van der Waals surface area contributed by atoms with Crippen LogP contribution in [-0.4, -0.2) is 16.1 Å². The van der Waals surface area contributed by atoms with Gasteiger partial charge in [-0.15, -0.1) is 11.3 Å². The van der Waals surface area contributed by atoms with Crippen molar-refractivity contribution >= 4 is 39.7 Å². The molecule has 0 spiro atoms. The molecule has 0 aliphatic rings. The lowest BCUT2D eigenvalue weighted by Gasteiger charge is -2.06. The molecule has 4 nitrogen and oxygen atoms in total. The first kappa shape index (κ1) is 14.8. The van der Waals surface area contributed by atoms with Crippen molar-refractivity contribution in [2.75, 3.05) is 5.32 Å². The second kappa shape index (κ2) is 6.24. The molecular weight excluding hydrogens is 296 g/mol. The van der Waals surface area contributed by atoms with Crippen LogP contribution in [0.1, 0.15) is 22.6 Å². The third kappa shape index (κ3) is 3.71. The van der Waals surface area contributed by atoms with Gasteiger partial charge < -0.3 is 10.4 Å². The monoisotopic (exact) mass is 310 g/mol. The molecule has 0 aliphatic heterocycles. The van der Waals surface area contributed by atoms with E-state index in [1.54, 1.807) is 0 Å². The van der Waals surface area contributed by atoms with Gasteiger partial charge in [-0.25, -0.2) is 4.98 Å². The lowest BCUT2D eigenvalue weighted by molar-refractivity contribution is -0.136. The van der Waals surface area contributed by atoms with E-state index in [1.807, 2.05) is 32.0 Å². The zero-order valence-corrected chi connectivity index (χ0v) is 12.8. The van der Waals surface area contributed by atoms with Gasteiger partial charge in [0.2, 0.25) is 0 Å². The molecule has 1 aromatic carbocycles. The minimum atomic E-state index is -0.794. The van der Waals surface area contributed by atoms with E-state index in [0.717, 1.165) is 27.0 Å². The summed E-state index contributed by atoms with van der Waals surface area (Å²) in [5.41, 5.74) is 2.86. The molecule has 20 heavy (non-hydrogen) atoms. The molecule has 2 rings (SSSR count). The maximum atomic E-state index is 10.6. The van der Waals surface area contributed by atoms with E-state index in [9.17, 15) is 4.79 Å². The van der Waals surface area contributed by atoms with Gasteiger partial charge >= 0.3 is 5.97 Å². The van der Waals surface area contributed by atoms with Gasteiger partial charge in [-0.05, 0) is 38.0 Å². The number of aryl methyl sites for hydroxylation is 3.